The second-order valence-corrected chi connectivity index (χ2v) is 5.26. The van der Waals surface area contributed by atoms with Gasteiger partial charge in [0.05, 0.1) is 7.11 Å². The van der Waals surface area contributed by atoms with E-state index in [1.807, 2.05) is 18.2 Å². The highest BCUT2D eigenvalue weighted by atomic mass is 16.5. The molecule has 1 amide bonds. The van der Waals surface area contributed by atoms with Gasteiger partial charge in [-0.1, -0.05) is 30.3 Å². The number of rotatable bonds is 9. The largest absolute Gasteiger partial charge is 0.493 e. The number of methoxy groups -OCH3 is 1. The van der Waals surface area contributed by atoms with Crippen LogP contribution in [-0.4, -0.2) is 32.5 Å². The number of hydrogen-bond donors (Lipinski definition) is 1. The van der Waals surface area contributed by atoms with Gasteiger partial charge in [0.2, 0.25) is 0 Å². The predicted octanol–water partition coefficient (Wildman–Crippen LogP) is 2.64. The number of nitrogens with one attached hydrogen (secondary N) is 1. The Bertz CT molecular complexity index is 670. The molecule has 0 bridgehead atoms. The molecule has 0 spiro atoms. The summed E-state index contributed by atoms with van der Waals surface area (Å²) in [6.45, 7) is 0.500. The molecule has 0 aliphatic rings. The maximum absolute atomic E-state index is 11.8. The van der Waals surface area contributed by atoms with Crippen LogP contribution in [0, 0.1) is 0 Å². The Morgan fingerprint density at radius 2 is 1.92 bits per heavy atom. The van der Waals surface area contributed by atoms with E-state index in [4.69, 9.17) is 9.47 Å². The van der Waals surface area contributed by atoms with Crippen molar-refractivity contribution in [2.75, 3.05) is 20.3 Å². The van der Waals surface area contributed by atoms with Crippen LogP contribution in [0.3, 0.4) is 0 Å². The van der Waals surface area contributed by atoms with Crippen LogP contribution in [0.15, 0.2) is 48.5 Å². The lowest BCUT2D eigenvalue weighted by Gasteiger charge is -2.11. The second kappa shape index (κ2) is 9.35. The van der Waals surface area contributed by atoms with E-state index in [-0.39, 0.29) is 12.5 Å². The van der Waals surface area contributed by atoms with Crippen molar-refractivity contribution in [2.24, 2.45) is 0 Å². The average Bonchev–Trinajstić information content (AvgIpc) is 2.64. The topological polar surface area (TPSA) is 64.6 Å². The zero-order chi connectivity index (χ0) is 17.2. The molecule has 5 heteroatoms. The number of aryl methyl sites for hydroxylation is 1. The molecule has 2 aromatic rings. The molecule has 0 unspecified atom stereocenters. The van der Waals surface area contributed by atoms with E-state index >= 15 is 0 Å². The molecule has 0 heterocycles. The van der Waals surface area contributed by atoms with Crippen molar-refractivity contribution in [3.8, 4) is 11.5 Å². The Balaban J connectivity index is 1.72. The number of carbonyl (C=O) groups is 2. The van der Waals surface area contributed by atoms with E-state index in [2.05, 4.69) is 17.4 Å². The summed E-state index contributed by atoms with van der Waals surface area (Å²) in [6.07, 6.45) is 2.52. The first kappa shape index (κ1) is 17.5. The quantitative estimate of drug-likeness (QED) is 0.568. The molecule has 0 aromatic heterocycles. The number of amides is 1. The molecule has 0 saturated carbocycles. The van der Waals surface area contributed by atoms with Crippen LogP contribution in [0.4, 0.5) is 0 Å². The fourth-order valence-corrected chi connectivity index (χ4v) is 2.24. The monoisotopic (exact) mass is 327 g/mol. The molecule has 126 valence electrons. The molecule has 0 radical (unpaired) electrons. The smallest absolute Gasteiger partial charge is 0.257 e. The van der Waals surface area contributed by atoms with Gasteiger partial charge in [0.25, 0.3) is 5.91 Å². The summed E-state index contributed by atoms with van der Waals surface area (Å²) in [5, 5.41) is 2.82. The SMILES string of the molecule is COc1cc(C=O)ccc1OCC(=O)NCCCc1ccccc1. The standard InChI is InChI=1S/C19H21NO4/c1-23-18-12-16(13-21)9-10-17(18)24-14-19(22)20-11-5-8-15-6-3-2-4-7-15/h2-4,6-7,9-10,12-13H,5,8,11,14H2,1H3,(H,20,22). The van der Waals surface area contributed by atoms with Gasteiger partial charge >= 0.3 is 0 Å². The Morgan fingerprint density at radius 1 is 1.12 bits per heavy atom. The number of benzene rings is 2. The second-order valence-electron chi connectivity index (χ2n) is 5.26. The lowest BCUT2D eigenvalue weighted by atomic mass is 10.1. The number of ether oxygens (including phenoxy) is 2. The first-order chi connectivity index (χ1) is 11.7. The van der Waals surface area contributed by atoms with Gasteiger partial charge in [-0.05, 0) is 36.6 Å². The highest BCUT2D eigenvalue weighted by Gasteiger charge is 2.08. The summed E-state index contributed by atoms with van der Waals surface area (Å²) in [7, 11) is 1.49. The van der Waals surface area contributed by atoms with Crippen molar-refractivity contribution in [1.82, 2.24) is 5.32 Å². The average molecular weight is 327 g/mol. The number of carbonyl (C=O) groups excluding carboxylic acids is 2. The van der Waals surface area contributed by atoms with Crippen LogP contribution in [0.5, 0.6) is 11.5 Å². The normalized spacial score (nSPS) is 10.0. The van der Waals surface area contributed by atoms with Crippen LogP contribution in [0.2, 0.25) is 0 Å². The molecular formula is C19H21NO4. The maximum Gasteiger partial charge on any atom is 0.257 e. The van der Waals surface area contributed by atoms with Crippen molar-refractivity contribution in [1.29, 1.82) is 0 Å². The molecule has 2 rings (SSSR count). The van der Waals surface area contributed by atoms with Crippen LogP contribution in [0.1, 0.15) is 22.3 Å². The molecule has 0 aliphatic carbocycles. The van der Waals surface area contributed by atoms with Gasteiger partial charge in [0, 0.05) is 12.1 Å². The summed E-state index contributed by atoms with van der Waals surface area (Å²) in [6, 6.07) is 14.9. The molecule has 24 heavy (non-hydrogen) atoms. The third-order valence-electron chi connectivity index (χ3n) is 3.49. The highest BCUT2D eigenvalue weighted by molar-refractivity contribution is 5.78. The number of hydrogen-bond acceptors (Lipinski definition) is 4. The van der Waals surface area contributed by atoms with E-state index in [0.29, 0.717) is 23.6 Å². The Kier molecular flexibility index (Phi) is 6.83. The molecule has 0 aliphatic heterocycles. The van der Waals surface area contributed by atoms with Gasteiger partial charge in [-0.15, -0.1) is 0 Å². The van der Waals surface area contributed by atoms with Gasteiger partial charge in [-0.3, -0.25) is 9.59 Å². The lowest BCUT2D eigenvalue weighted by Crippen LogP contribution is -2.30. The summed E-state index contributed by atoms with van der Waals surface area (Å²) >= 11 is 0. The first-order valence-electron chi connectivity index (χ1n) is 7.79. The minimum absolute atomic E-state index is 0.0951. The van der Waals surface area contributed by atoms with Crippen LogP contribution < -0.4 is 14.8 Å². The van der Waals surface area contributed by atoms with E-state index < -0.39 is 0 Å². The van der Waals surface area contributed by atoms with Crippen molar-refractivity contribution in [2.45, 2.75) is 12.8 Å². The van der Waals surface area contributed by atoms with Gasteiger partial charge < -0.3 is 14.8 Å². The maximum atomic E-state index is 11.8. The Hall–Kier alpha value is -2.82. The van der Waals surface area contributed by atoms with Gasteiger partial charge in [0.1, 0.15) is 6.29 Å². The lowest BCUT2D eigenvalue weighted by molar-refractivity contribution is -0.123. The van der Waals surface area contributed by atoms with E-state index in [1.165, 1.54) is 12.7 Å². The van der Waals surface area contributed by atoms with Crippen molar-refractivity contribution in [3.05, 3.63) is 59.7 Å². The van der Waals surface area contributed by atoms with E-state index in [9.17, 15) is 9.59 Å². The molecule has 0 atom stereocenters. The zero-order valence-corrected chi connectivity index (χ0v) is 13.7. The number of aldehydes is 1. The predicted molar refractivity (Wildman–Crippen MR) is 91.6 cm³/mol. The van der Waals surface area contributed by atoms with Crippen molar-refractivity contribution >= 4 is 12.2 Å². The third-order valence-corrected chi connectivity index (χ3v) is 3.49. The zero-order valence-electron chi connectivity index (χ0n) is 13.7. The minimum Gasteiger partial charge on any atom is -0.493 e. The van der Waals surface area contributed by atoms with Gasteiger partial charge in [-0.25, -0.2) is 0 Å². The van der Waals surface area contributed by atoms with E-state index in [1.54, 1.807) is 18.2 Å². The summed E-state index contributed by atoms with van der Waals surface area (Å²) in [4.78, 5) is 22.6. The summed E-state index contributed by atoms with van der Waals surface area (Å²) in [5.41, 5.74) is 1.74. The van der Waals surface area contributed by atoms with Crippen molar-refractivity contribution in [3.63, 3.8) is 0 Å². The van der Waals surface area contributed by atoms with E-state index in [0.717, 1.165) is 19.1 Å². The fourth-order valence-electron chi connectivity index (χ4n) is 2.24. The first-order valence-corrected chi connectivity index (χ1v) is 7.79. The van der Waals surface area contributed by atoms with Crippen molar-refractivity contribution < 1.29 is 19.1 Å². The molecule has 1 N–H and O–H groups in total. The van der Waals surface area contributed by atoms with Gasteiger partial charge in [0.15, 0.2) is 18.1 Å². The Labute approximate surface area is 141 Å². The molecular weight excluding hydrogens is 306 g/mol. The molecule has 0 fully saturated rings. The van der Waals surface area contributed by atoms with Crippen LogP contribution in [-0.2, 0) is 11.2 Å². The molecule has 0 saturated heterocycles. The summed E-state index contributed by atoms with van der Waals surface area (Å²) < 4.78 is 10.6. The summed E-state index contributed by atoms with van der Waals surface area (Å²) in [5.74, 6) is 0.670. The fraction of sp³-hybridized carbons (Fsp3) is 0.263. The molecule has 5 nitrogen and oxygen atoms in total. The van der Waals surface area contributed by atoms with Crippen LogP contribution >= 0.6 is 0 Å². The Morgan fingerprint density at radius 3 is 2.62 bits per heavy atom. The van der Waals surface area contributed by atoms with Gasteiger partial charge in [-0.2, -0.15) is 0 Å². The van der Waals surface area contributed by atoms with Crippen LogP contribution in [0.25, 0.3) is 0 Å². The third kappa shape index (κ3) is 5.43. The highest BCUT2D eigenvalue weighted by Crippen LogP contribution is 2.27. The molecule has 2 aromatic carbocycles. The minimum atomic E-state index is -0.190.